The third-order valence-electron chi connectivity index (χ3n) is 2.46. The third kappa shape index (κ3) is 2.89. The fourth-order valence-electron chi connectivity index (χ4n) is 0.953. The van der Waals surface area contributed by atoms with Gasteiger partial charge < -0.3 is 10.8 Å². The van der Waals surface area contributed by atoms with Crippen LogP contribution in [0.15, 0.2) is 0 Å². The minimum Gasteiger partial charge on any atom is -0.481 e. The smallest absolute Gasteiger partial charge is 0.303 e. The van der Waals surface area contributed by atoms with Crippen LogP contribution in [-0.4, -0.2) is 17.1 Å². The largest absolute Gasteiger partial charge is 0.481 e. The van der Waals surface area contributed by atoms with Gasteiger partial charge in [0.1, 0.15) is 0 Å². The zero-order valence-electron chi connectivity index (χ0n) is 7.42. The summed E-state index contributed by atoms with van der Waals surface area (Å²) in [5, 5.41) is 8.57. The van der Waals surface area contributed by atoms with Crippen LogP contribution in [0.2, 0.25) is 0 Å². The minimum absolute atomic E-state index is 0.0661. The van der Waals surface area contributed by atoms with E-state index in [9.17, 15) is 4.79 Å². The molecule has 2 unspecified atom stereocenters. The third-order valence-corrected chi connectivity index (χ3v) is 2.46. The molecule has 3 nitrogen and oxygen atoms in total. The summed E-state index contributed by atoms with van der Waals surface area (Å²) in [6.45, 7) is 5.73. The van der Waals surface area contributed by atoms with Crippen LogP contribution in [0.1, 0.15) is 33.6 Å². The lowest BCUT2D eigenvalue weighted by Crippen LogP contribution is -2.38. The van der Waals surface area contributed by atoms with Crippen molar-refractivity contribution in [2.45, 2.75) is 39.7 Å². The summed E-state index contributed by atoms with van der Waals surface area (Å²) in [5.74, 6) is -0.772. The van der Waals surface area contributed by atoms with Crippen molar-refractivity contribution in [2.75, 3.05) is 0 Å². The molecule has 0 aliphatic rings. The molecule has 0 aromatic rings. The highest BCUT2D eigenvalue weighted by Gasteiger charge is 2.29. The quantitative estimate of drug-likeness (QED) is 0.648. The Morgan fingerprint density at radius 3 is 2.27 bits per heavy atom. The zero-order chi connectivity index (χ0) is 9.07. The molecular formula is C8H17NO2. The molecule has 0 heterocycles. The topological polar surface area (TPSA) is 63.3 Å². The maximum absolute atomic E-state index is 10.4. The summed E-state index contributed by atoms with van der Waals surface area (Å²) in [4.78, 5) is 10.4. The average Bonchev–Trinajstić information content (AvgIpc) is 1.86. The van der Waals surface area contributed by atoms with Crippen molar-refractivity contribution in [3.05, 3.63) is 0 Å². The van der Waals surface area contributed by atoms with Crippen molar-refractivity contribution in [1.29, 1.82) is 0 Å². The van der Waals surface area contributed by atoms with E-state index >= 15 is 0 Å². The molecule has 0 aromatic carbocycles. The van der Waals surface area contributed by atoms with Gasteiger partial charge in [0.15, 0.2) is 0 Å². The van der Waals surface area contributed by atoms with E-state index < -0.39 is 5.97 Å². The van der Waals surface area contributed by atoms with Gasteiger partial charge in [-0.3, -0.25) is 4.79 Å². The van der Waals surface area contributed by atoms with E-state index in [0.29, 0.717) is 0 Å². The molecule has 0 fully saturated rings. The number of aliphatic carboxylic acids is 1. The lowest BCUT2D eigenvalue weighted by Gasteiger charge is -2.30. The molecule has 2 atom stereocenters. The Bertz CT molecular complexity index is 145. The fraction of sp³-hybridized carbons (Fsp3) is 0.875. The molecule has 0 saturated carbocycles. The molecule has 0 bridgehead atoms. The van der Waals surface area contributed by atoms with Gasteiger partial charge in [-0.25, -0.2) is 0 Å². The lowest BCUT2D eigenvalue weighted by atomic mass is 9.78. The summed E-state index contributed by atoms with van der Waals surface area (Å²) in [6, 6.07) is -0.0661. The maximum Gasteiger partial charge on any atom is 0.303 e. The second-order valence-electron chi connectivity index (χ2n) is 3.37. The van der Waals surface area contributed by atoms with Gasteiger partial charge in [0.05, 0.1) is 6.42 Å². The monoisotopic (exact) mass is 159 g/mol. The summed E-state index contributed by atoms with van der Waals surface area (Å²) < 4.78 is 0. The molecule has 0 saturated heterocycles. The van der Waals surface area contributed by atoms with E-state index in [1.807, 2.05) is 20.8 Å². The number of rotatable bonds is 4. The molecule has 0 amide bonds. The predicted octanol–water partition coefficient (Wildman–Crippen LogP) is 1.22. The molecule has 0 rings (SSSR count). The Morgan fingerprint density at radius 1 is 1.73 bits per heavy atom. The summed E-state index contributed by atoms with van der Waals surface area (Å²) in [7, 11) is 0. The Labute approximate surface area is 67.6 Å². The first-order valence-electron chi connectivity index (χ1n) is 3.89. The summed E-state index contributed by atoms with van der Waals surface area (Å²) in [6.07, 6.45) is 0.956. The maximum atomic E-state index is 10.4. The van der Waals surface area contributed by atoms with E-state index in [2.05, 4.69) is 0 Å². The number of hydrogen-bond acceptors (Lipinski definition) is 2. The lowest BCUT2D eigenvalue weighted by molar-refractivity contribution is -0.139. The number of nitrogens with two attached hydrogens (primary N) is 1. The van der Waals surface area contributed by atoms with Crippen molar-refractivity contribution in [3.8, 4) is 0 Å². The van der Waals surface area contributed by atoms with Crippen molar-refractivity contribution >= 4 is 5.97 Å². The summed E-state index contributed by atoms with van der Waals surface area (Å²) in [5.41, 5.74) is 5.41. The van der Waals surface area contributed by atoms with Crippen LogP contribution in [0, 0.1) is 5.41 Å². The van der Waals surface area contributed by atoms with Gasteiger partial charge in [-0.15, -0.1) is 0 Å². The van der Waals surface area contributed by atoms with Gasteiger partial charge in [0, 0.05) is 6.04 Å². The molecule has 3 N–H and O–H groups in total. The van der Waals surface area contributed by atoms with Crippen LogP contribution in [-0.2, 0) is 4.79 Å². The Kier molecular flexibility index (Phi) is 3.52. The van der Waals surface area contributed by atoms with Gasteiger partial charge in [-0.2, -0.15) is 0 Å². The van der Waals surface area contributed by atoms with E-state index in [1.54, 1.807) is 0 Å². The van der Waals surface area contributed by atoms with Crippen LogP contribution >= 0.6 is 0 Å². The number of hydrogen-bond donors (Lipinski definition) is 2. The van der Waals surface area contributed by atoms with E-state index in [-0.39, 0.29) is 17.9 Å². The zero-order valence-corrected chi connectivity index (χ0v) is 7.42. The van der Waals surface area contributed by atoms with Crippen molar-refractivity contribution in [3.63, 3.8) is 0 Å². The predicted molar refractivity (Wildman–Crippen MR) is 44.3 cm³/mol. The van der Waals surface area contributed by atoms with Crippen LogP contribution in [0.3, 0.4) is 0 Å². The van der Waals surface area contributed by atoms with Gasteiger partial charge in [0.25, 0.3) is 0 Å². The van der Waals surface area contributed by atoms with E-state index in [0.717, 1.165) is 6.42 Å². The second-order valence-corrected chi connectivity index (χ2v) is 3.37. The van der Waals surface area contributed by atoms with E-state index in [1.165, 1.54) is 0 Å². The number of carboxylic acid groups (broad SMARTS) is 1. The second kappa shape index (κ2) is 3.72. The summed E-state index contributed by atoms with van der Waals surface area (Å²) >= 11 is 0. The molecule has 0 aliphatic carbocycles. The molecule has 11 heavy (non-hydrogen) atoms. The number of carbonyl (C=O) groups is 1. The van der Waals surface area contributed by atoms with Crippen LogP contribution in [0.5, 0.6) is 0 Å². The average molecular weight is 159 g/mol. The van der Waals surface area contributed by atoms with Crippen LogP contribution in [0.4, 0.5) is 0 Å². The molecular weight excluding hydrogens is 142 g/mol. The Morgan fingerprint density at radius 2 is 2.18 bits per heavy atom. The molecule has 0 aromatic heterocycles. The van der Waals surface area contributed by atoms with Crippen molar-refractivity contribution < 1.29 is 9.90 Å². The highest BCUT2D eigenvalue weighted by atomic mass is 16.4. The highest BCUT2D eigenvalue weighted by molar-refractivity contribution is 5.67. The van der Waals surface area contributed by atoms with Crippen LogP contribution < -0.4 is 5.73 Å². The van der Waals surface area contributed by atoms with Gasteiger partial charge in [0.2, 0.25) is 0 Å². The van der Waals surface area contributed by atoms with Crippen LogP contribution in [0.25, 0.3) is 0 Å². The standard InChI is InChI=1S/C8H17NO2/c1-4-8(3,6(2)9)5-7(10)11/h6H,4-5,9H2,1-3H3,(H,10,11). The normalized spacial score (nSPS) is 18.9. The molecule has 0 aliphatic heterocycles. The fourth-order valence-corrected chi connectivity index (χ4v) is 0.953. The SMILES string of the molecule is CCC(C)(CC(=O)O)C(C)N. The van der Waals surface area contributed by atoms with Crippen molar-refractivity contribution in [1.82, 2.24) is 0 Å². The Balaban J connectivity index is 4.22. The van der Waals surface area contributed by atoms with Gasteiger partial charge in [-0.05, 0) is 18.8 Å². The first kappa shape index (κ1) is 10.4. The molecule has 3 heteroatoms. The van der Waals surface area contributed by atoms with Crippen molar-refractivity contribution in [2.24, 2.45) is 11.1 Å². The number of carboxylic acids is 1. The molecule has 0 spiro atoms. The highest BCUT2D eigenvalue weighted by Crippen LogP contribution is 2.28. The minimum atomic E-state index is -0.772. The first-order valence-corrected chi connectivity index (χ1v) is 3.89. The van der Waals surface area contributed by atoms with Gasteiger partial charge in [-0.1, -0.05) is 13.8 Å². The van der Waals surface area contributed by atoms with E-state index in [4.69, 9.17) is 10.8 Å². The molecule has 0 radical (unpaired) electrons. The first-order chi connectivity index (χ1) is 4.92. The molecule has 66 valence electrons. The Hall–Kier alpha value is -0.570. The van der Waals surface area contributed by atoms with Gasteiger partial charge >= 0.3 is 5.97 Å².